The number of benzene rings is 1. The Morgan fingerprint density at radius 1 is 1.43 bits per heavy atom. The number of hydrogen-bond acceptors (Lipinski definition) is 4. The second kappa shape index (κ2) is 5.78. The second-order valence-corrected chi connectivity index (χ2v) is 4.56. The van der Waals surface area contributed by atoms with E-state index >= 15 is 0 Å². The molecule has 112 valence electrons. The molecule has 1 saturated heterocycles. The Bertz CT molecular complexity index is 604. The van der Waals surface area contributed by atoms with Crippen molar-refractivity contribution >= 4 is 17.8 Å². The van der Waals surface area contributed by atoms with Gasteiger partial charge in [-0.1, -0.05) is 0 Å². The second-order valence-electron chi connectivity index (χ2n) is 4.56. The molecule has 1 fully saturated rings. The zero-order chi connectivity index (χ0) is 15.6. The first-order valence-corrected chi connectivity index (χ1v) is 6.19. The Labute approximate surface area is 119 Å². The van der Waals surface area contributed by atoms with E-state index in [1.807, 2.05) is 0 Å². The summed E-state index contributed by atoms with van der Waals surface area (Å²) in [5.74, 6) is -3.77. The van der Waals surface area contributed by atoms with Crippen LogP contribution in [0.25, 0.3) is 0 Å². The minimum absolute atomic E-state index is 0.110. The van der Waals surface area contributed by atoms with Gasteiger partial charge in [0.05, 0.1) is 12.0 Å². The quantitative estimate of drug-likeness (QED) is 0.725. The van der Waals surface area contributed by atoms with Crippen LogP contribution in [0.15, 0.2) is 18.2 Å². The Morgan fingerprint density at radius 2 is 2.14 bits per heavy atom. The van der Waals surface area contributed by atoms with Gasteiger partial charge in [-0.05, 0) is 12.1 Å². The molecule has 3 N–H and O–H groups in total. The predicted molar refractivity (Wildman–Crippen MR) is 68.2 cm³/mol. The van der Waals surface area contributed by atoms with Crippen molar-refractivity contribution in [3.8, 4) is 5.75 Å². The number of halogens is 1. The van der Waals surface area contributed by atoms with E-state index in [0.29, 0.717) is 0 Å². The van der Waals surface area contributed by atoms with Gasteiger partial charge in [0.1, 0.15) is 17.6 Å². The molecule has 8 heteroatoms. The third kappa shape index (κ3) is 3.10. The first kappa shape index (κ1) is 14.8. The summed E-state index contributed by atoms with van der Waals surface area (Å²) in [7, 11) is 0. The average Bonchev–Trinajstić information content (AvgIpc) is 2.40. The van der Waals surface area contributed by atoms with Crippen molar-refractivity contribution in [1.82, 2.24) is 10.2 Å². The third-order valence-electron chi connectivity index (χ3n) is 3.15. The van der Waals surface area contributed by atoms with E-state index in [1.54, 1.807) is 0 Å². The summed E-state index contributed by atoms with van der Waals surface area (Å²) in [5, 5.41) is 20.9. The van der Waals surface area contributed by atoms with E-state index in [-0.39, 0.29) is 18.7 Å². The maximum absolute atomic E-state index is 12.9. The Morgan fingerprint density at radius 3 is 2.76 bits per heavy atom. The molecule has 0 spiro atoms. The van der Waals surface area contributed by atoms with Crippen LogP contribution in [0, 0.1) is 5.82 Å². The highest BCUT2D eigenvalue weighted by Crippen LogP contribution is 2.22. The molecule has 21 heavy (non-hydrogen) atoms. The molecule has 0 bridgehead atoms. The molecule has 1 atom stereocenters. The number of hydrogen-bond donors (Lipinski definition) is 3. The van der Waals surface area contributed by atoms with Gasteiger partial charge >= 0.3 is 5.97 Å². The number of aliphatic carboxylic acids is 1. The summed E-state index contributed by atoms with van der Waals surface area (Å²) < 4.78 is 12.9. The van der Waals surface area contributed by atoms with Crippen LogP contribution in [-0.4, -0.2) is 52.0 Å². The van der Waals surface area contributed by atoms with Crippen LogP contribution in [0.2, 0.25) is 0 Å². The first-order valence-electron chi connectivity index (χ1n) is 6.19. The smallest absolute Gasteiger partial charge is 0.305 e. The van der Waals surface area contributed by atoms with Crippen LogP contribution in [0.4, 0.5) is 4.39 Å². The van der Waals surface area contributed by atoms with E-state index in [1.165, 1.54) is 0 Å². The Kier molecular flexibility index (Phi) is 4.06. The number of aromatic hydroxyl groups is 1. The molecule has 1 aliphatic rings. The van der Waals surface area contributed by atoms with Crippen LogP contribution in [-0.2, 0) is 9.59 Å². The van der Waals surface area contributed by atoms with Gasteiger partial charge < -0.3 is 20.4 Å². The molecule has 7 nitrogen and oxygen atoms in total. The number of phenols is 1. The molecular weight excluding hydrogens is 283 g/mol. The summed E-state index contributed by atoms with van der Waals surface area (Å²) in [5.41, 5.74) is -0.179. The zero-order valence-electron chi connectivity index (χ0n) is 10.9. The molecule has 1 heterocycles. The fraction of sp³-hybridized carbons (Fsp3) is 0.308. The van der Waals surface area contributed by atoms with Crippen LogP contribution in [0.1, 0.15) is 16.8 Å². The largest absolute Gasteiger partial charge is 0.507 e. The van der Waals surface area contributed by atoms with Crippen molar-refractivity contribution in [2.75, 3.05) is 13.1 Å². The number of carbonyl (C=O) groups excluding carboxylic acids is 2. The standard InChI is InChI=1S/C13H13FN2O5/c14-7-1-2-8(10(17)5-7)13(21)16-4-3-15-12(20)9(16)6-11(18)19/h1-2,5,9,17H,3-4,6H2,(H,15,20)(H,18,19). The van der Waals surface area contributed by atoms with Gasteiger partial charge in [0.2, 0.25) is 5.91 Å². The van der Waals surface area contributed by atoms with Gasteiger partial charge in [0.15, 0.2) is 0 Å². The number of carbonyl (C=O) groups is 3. The minimum atomic E-state index is -1.22. The molecule has 1 aliphatic heterocycles. The van der Waals surface area contributed by atoms with Crippen molar-refractivity contribution < 1.29 is 29.0 Å². The van der Waals surface area contributed by atoms with E-state index in [9.17, 15) is 23.9 Å². The van der Waals surface area contributed by atoms with Gasteiger partial charge in [-0.25, -0.2) is 4.39 Å². The van der Waals surface area contributed by atoms with Crippen LogP contribution >= 0.6 is 0 Å². The van der Waals surface area contributed by atoms with E-state index in [0.717, 1.165) is 23.1 Å². The highest BCUT2D eigenvalue weighted by molar-refractivity contribution is 6.00. The van der Waals surface area contributed by atoms with Crippen LogP contribution in [0.5, 0.6) is 5.75 Å². The SMILES string of the molecule is O=C(O)CC1C(=O)NCCN1C(=O)c1ccc(F)cc1O. The number of nitrogens with one attached hydrogen (secondary N) is 1. The highest BCUT2D eigenvalue weighted by Gasteiger charge is 2.35. The van der Waals surface area contributed by atoms with Gasteiger partial charge in [0, 0.05) is 19.2 Å². The van der Waals surface area contributed by atoms with E-state index < -0.39 is 41.8 Å². The molecule has 2 amide bonds. The Hall–Kier alpha value is -2.64. The lowest BCUT2D eigenvalue weighted by atomic mass is 10.1. The fourth-order valence-electron chi connectivity index (χ4n) is 2.17. The number of nitrogens with zero attached hydrogens (tertiary/aromatic N) is 1. The zero-order valence-corrected chi connectivity index (χ0v) is 10.9. The fourth-order valence-corrected chi connectivity index (χ4v) is 2.17. The number of piperazine rings is 1. The number of amides is 2. The molecule has 0 radical (unpaired) electrons. The minimum Gasteiger partial charge on any atom is -0.507 e. The molecule has 0 aromatic heterocycles. The number of phenolic OH excluding ortho intramolecular Hbond substituents is 1. The molecule has 1 aromatic carbocycles. The van der Waals surface area contributed by atoms with Gasteiger partial charge in [-0.3, -0.25) is 14.4 Å². The summed E-state index contributed by atoms with van der Waals surface area (Å²) >= 11 is 0. The van der Waals surface area contributed by atoms with Crippen LogP contribution < -0.4 is 5.32 Å². The van der Waals surface area contributed by atoms with E-state index in [2.05, 4.69) is 5.32 Å². The lowest BCUT2D eigenvalue weighted by Crippen LogP contribution is -2.57. The maximum Gasteiger partial charge on any atom is 0.305 e. The van der Waals surface area contributed by atoms with Crippen molar-refractivity contribution in [1.29, 1.82) is 0 Å². The molecule has 0 aliphatic carbocycles. The van der Waals surface area contributed by atoms with E-state index in [4.69, 9.17) is 5.11 Å². The van der Waals surface area contributed by atoms with Crippen molar-refractivity contribution in [3.05, 3.63) is 29.6 Å². The number of carboxylic acids is 1. The average molecular weight is 296 g/mol. The monoisotopic (exact) mass is 296 g/mol. The molecule has 1 aromatic rings. The summed E-state index contributed by atoms with van der Waals surface area (Å²) in [4.78, 5) is 35.9. The van der Waals surface area contributed by atoms with Crippen molar-refractivity contribution in [2.24, 2.45) is 0 Å². The summed E-state index contributed by atoms with van der Waals surface area (Å²) in [6, 6.07) is 1.72. The molecule has 1 unspecified atom stereocenters. The van der Waals surface area contributed by atoms with Crippen molar-refractivity contribution in [3.63, 3.8) is 0 Å². The first-order chi connectivity index (χ1) is 9.90. The van der Waals surface area contributed by atoms with Gasteiger partial charge in [0.25, 0.3) is 5.91 Å². The van der Waals surface area contributed by atoms with Crippen molar-refractivity contribution in [2.45, 2.75) is 12.5 Å². The number of carboxylic acid groups (broad SMARTS) is 1. The third-order valence-corrected chi connectivity index (χ3v) is 3.15. The highest BCUT2D eigenvalue weighted by atomic mass is 19.1. The summed E-state index contributed by atoms with van der Waals surface area (Å²) in [6.45, 7) is 0.294. The number of rotatable bonds is 3. The van der Waals surface area contributed by atoms with Gasteiger partial charge in [-0.15, -0.1) is 0 Å². The lowest BCUT2D eigenvalue weighted by Gasteiger charge is -2.34. The van der Waals surface area contributed by atoms with Gasteiger partial charge in [-0.2, -0.15) is 0 Å². The predicted octanol–water partition coefficient (Wildman–Crippen LogP) is -0.0534. The topological polar surface area (TPSA) is 107 Å². The Balaban J connectivity index is 2.30. The lowest BCUT2D eigenvalue weighted by molar-refractivity contribution is -0.142. The maximum atomic E-state index is 12.9. The van der Waals surface area contributed by atoms with Crippen LogP contribution in [0.3, 0.4) is 0 Å². The molecule has 2 rings (SSSR count). The molecular formula is C13H13FN2O5. The molecule has 0 saturated carbocycles. The summed E-state index contributed by atoms with van der Waals surface area (Å²) in [6.07, 6.45) is -0.542. The normalized spacial score (nSPS) is 18.2.